The summed E-state index contributed by atoms with van der Waals surface area (Å²) < 4.78 is 4.88. The van der Waals surface area contributed by atoms with Gasteiger partial charge in [-0.2, -0.15) is 0 Å². The molecular formula is C62H52N2. The first-order chi connectivity index (χ1) is 31.1. The van der Waals surface area contributed by atoms with E-state index in [1.807, 2.05) is 12.2 Å². The number of fused-ring (bicyclic) bond motifs is 10. The number of rotatable bonds is 8. The minimum atomic E-state index is -0.338. The van der Waals surface area contributed by atoms with E-state index < -0.39 is 0 Å². The molecule has 2 aliphatic carbocycles. The highest BCUT2D eigenvalue weighted by Crippen LogP contribution is 2.64. The lowest BCUT2D eigenvalue weighted by Crippen LogP contribution is -2.23. The van der Waals surface area contributed by atoms with Gasteiger partial charge in [-0.15, -0.1) is 0 Å². The predicted octanol–water partition coefficient (Wildman–Crippen LogP) is 16.8. The number of benzene rings is 7. The Morgan fingerprint density at radius 2 is 1.03 bits per heavy atom. The zero-order valence-electron chi connectivity index (χ0n) is 37.6. The molecule has 0 unspecified atom stereocenters. The molecule has 2 aliphatic rings. The van der Waals surface area contributed by atoms with Gasteiger partial charge >= 0.3 is 0 Å². The number of hydrogen-bond acceptors (Lipinski definition) is 0. The molecule has 9 aromatic rings. The lowest BCUT2D eigenvalue weighted by Gasteiger charge is -2.32. The van der Waals surface area contributed by atoms with E-state index in [4.69, 9.17) is 0 Å². The van der Waals surface area contributed by atoms with Gasteiger partial charge in [-0.25, -0.2) is 0 Å². The second-order valence-corrected chi connectivity index (χ2v) is 18.4. The molecule has 0 N–H and O–H groups in total. The molecule has 310 valence electrons. The van der Waals surface area contributed by atoms with Crippen LogP contribution in [-0.2, 0) is 10.8 Å². The molecule has 2 heteroatoms. The lowest BCUT2D eigenvalue weighted by atomic mass is 9.70. The monoisotopic (exact) mass is 824 g/mol. The zero-order valence-corrected chi connectivity index (χ0v) is 37.6. The Morgan fingerprint density at radius 3 is 1.55 bits per heavy atom. The summed E-state index contributed by atoms with van der Waals surface area (Å²) >= 11 is 0. The summed E-state index contributed by atoms with van der Waals surface area (Å²) in [6.07, 6.45) is 15.0. The highest BCUT2D eigenvalue weighted by molar-refractivity contribution is 6.11. The Labute approximate surface area is 377 Å². The molecule has 2 heterocycles. The molecule has 0 saturated heterocycles. The fourth-order valence-corrected chi connectivity index (χ4v) is 11.7. The summed E-state index contributed by atoms with van der Waals surface area (Å²) in [6, 6.07) is 52.0. The molecule has 64 heavy (non-hydrogen) atoms. The van der Waals surface area contributed by atoms with Crippen molar-refractivity contribution in [2.75, 3.05) is 0 Å². The maximum atomic E-state index is 4.29. The third kappa shape index (κ3) is 5.38. The van der Waals surface area contributed by atoms with Crippen LogP contribution in [0.1, 0.15) is 80.6 Å². The summed E-state index contributed by atoms with van der Waals surface area (Å²) in [5.74, 6) is 0. The zero-order chi connectivity index (χ0) is 44.1. The lowest BCUT2D eigenvalue weighted by molar-refractivity contribution is 0.636. The van der Waals surface area contributed by atoms with Crippen LogP contribution >= 0.6 is 0 Å². The third-order valence-electron chi connectivity index (χ3n) is 14.2. The van der Waals surface area contributed by atoms with E-state index in [0.717, 1.165) is 22.6 Å². The number of allylic oxidation sites excluding steroid dienone is 6. The van der Waals surface area contributed by atoms with Gasteiger partial charge in [0.05, 0.1) is 22.2 Å². The molecule has 7 aromatic carbocycles. The molecule has 0 fully saturated rings. The van der Waals surface area contributed by atoms with E-state index in [-0.39, 0.29) is 10.8 Å². The van der Waals surface area contributed by atoms with Gasteiger partial charge in [0.2, 0.25) is 0 Å². The fourth-order valence-electron chi connectivity index (χ4n) is 11.7. The Bertz CT molecular complexity index is 3480. The summed E-state index contributed by atoms with van der Waals surface area (Å²) in [6.45, 7) is 22.5. The molecule has 11 rings (SSSR count). The van der Waals surface area contributed by atoms with Crippen molar-refractivity contribution in [1.29, 1.82) is 0 Å². The van der Waals surface area contributed by atoms with E-state index in [2.05, 4.69) is 234 Å². The molecule has 0 amide bonds. The van der Waals surface area contributed by atoms with Crippen LogP contribution in [0, 0.1) is 0 Å². The maximum Gasteiger partial charge on any atom is 0.0541 e. The van der Waals surface area contributed by atoms with Crippen LogP contribution in [0.2, 0.25) is 0 Å². The first-order valence-electron chi connectivity index (χ1n) is 22.6. The fraction of sp³-hybridized carbons (Fsp3) is 0.129. The summed E-state index contributed by atoms with van der Waals surface area (Å²) in [7, 11) is 0. The number of hydrogen-bond donors (Lipinski definition) is 0. The average molecular weight is 825 g/mol. The van der Waals surface area contributed by atoms with Crippen LogP contribution in [0.5, 0.6) is 0 Å². The van der Waals surface area contributed by atoms with Gasteiger partial charge in [-0.05, 0) is 129 Å². The predicted molar refractivity (Wildman–Crippen MR) is 276 cm³/mol. The molecule has 0 spiro atoms. The molecule has 2 nitrogen and oxygen atoms in total. The summed E-state index contributed by atoms with van der Waals surface area (Å²) in [5.41, 5.74) is 23.0. The van der Waals surface area contributed by atoms with Crippen LogP contribution < -0.4 is 0 Å². The number of nitrogens with zero attached hydrogens (tertiary/aromatic N) is 2. The van der Waals surface area contributed by atoms with Crippen LogP contribution in [0.3, 0.4) is 0 Å². The SMILES string of the molecule is C=C/C=C(\C=C/C)c1c2c(c(-c3ccccc3)c3c1C(C)(C)c1ccc(-n4c5ccccc5c5ccccc54)cc1-3)-c1cc(-n3c(/C=C\C)c(C=C)c4ccccc43)ccc1C2(C)C. The summed E-state index contributed by atoms with van der Waals surface area (Å²) in [5, 5.41) is 3.72. The minimum absolute atomic E-state index is 0.331. The molecule has 0 radical (unpaired) electrons. The highest BCUT2D eigenvalue weighted by Gasteiger charge is 2.48. The van der Waals surface area contributed by atoms with Gasteiger partial charge in [-0.1, -0.05) is 174 Å². The Kier molecular flexibility index (Phi) is 8.98. The van der Waals surface area contributed by atoms with Crippen molar-refractivity contribution in [2.45, 2.75) is 52.4 Å². The summed E-state index contributed by atoms with van der Waals surface area (Å²) in [4.78, 5) is 0. The molecule has 0 saturated carbocycles. The maximum absolute atomic E-state index is 4.29. The number of aromatic nitrogens is 2. The standard InChI is InChI=1S/C62H52N2/c1-9-22-39(23-10-2)56-59-57(47-37-41(33-35-49(47)61(59,5)6)63-51(24-11-3)43(12-4)44-27-16-19-30-52(44)63)55(40-25-14-13-15-26-40)58-48-38-42(34-36-50(48)62(7,8)60(56)58)64-53-31-20-17-28-45(53)46-29-18-21-32-54(46)64/h9-38H,1,4H2,2-3,5-8H3/b23-10-,24-11-,39-22+. The highest BCUT2D eigenvalue weighted by atomic mass is 15.0. The van der Waals surface area contributed by atoms with Gasteiger partial charge in [0.25, 0.3) is 0 Å². The average Bonchev–Trinajstić information content (AvgIpc) is 3.97. The molecule has 0 bridgehead atoms. The second kappa shape index (κ2) is 14.6. The second-order valence-electron chi connectivity index (χ2n) is 18.4. The largest absolute Gasteiger partial charge is 0.309 e. The van der Waals surface area contributed by atoms with Crippen molar-refractivity contribution < 1.29 is 0 Å². The van der Waals surface area contributed by atoms with Crippen molar-refractivity contribution in [3.63, 3.8) is 0 Å². The minimum Gasteiger partial charge on any atom is -0.309 e. The normalized spacial score (nSPS) is 14.8. The molecular weight excluding hydrogens is 773 g/mol. The van der Waals surface area contributed by atoms with Crippen molar-refractivity contribution in [2.24, 2.45) is 0 Å². The van der Waals surface area contributed by atoms with Crippen molar-refractivity contribution in [3.8, 4) is 44.8 Å². The van der Waals surface area contributed by atoms with Crippen LogP contribution in [0.15, 0.2) is 183 Å². The van der Waals surface area contributed by atoms with Gasteiger partial charge in [0.15, 0.2) is 0 Å². The third-order valence-corrected chi connectivity index (χ3v) is 14.2. The van der Waals surface area contributed by atoms with E-state index in [1.165, 1.54) is 99.5 Å². The van der Waals surface area contributed by atoms with Crippen LogP contribution in [-0.4, -0.2) is 9.13 Å². The van der Waals surface area contributed by atoms with E-state index in [0.29, 0.717) is 0 Å². The topological polar surface area (TPSA) is 9.86 Å². The van der Waals surface area contributed by atoms with E-state index >= 15 is 0 Å². The Morgan fingerprint density at radius 1 is 0.531 bits per heavy atom. The molecule has 2 aromatic heterocycles. The first kappa shape index (κ1) is 39.4. The van der Waals surface area contributed by atoms with Crippen LogP contribution in [0.4, 0.5) is 0 Å². The smallest absolute Gasteiger partial charge is 0.0541 e. The van der Waals surface area contributed by atoms with Gasteiger partial charge in [-0.3, -0.25) is 0 Å². The van der Waals surface area contributed by atoms with E-state index in [9.17, 15) is 0 Å². The molecule has 0 atom stereocenters. The van der Waals surface area contributed by atoms with Gasteiger partial charge < -0.3 is 9.13 Å². The Hall–Kier alpha value is -7.42. The molecule has 0 aliphatic heterocycles. The van der Waals surface area contributed by atoms with E-state index in [1.54, 1.807) is 0 Å². The number of para-hydroxylation sites is 3. The quantitative estimate of drug-likeness (QED) is 0.135. The van der Waals surface area contributed by atoms with Crippen LogP contribution in [0.25, 0.3) is 95.2 Å². The Balaban J connectivity index is 1.31. The van der Waals surface area contributed by atoms with Gasteiger partial charge in [0.1, 0.15) is 0 Å². The van der Waals surface area contributed by atoms with Crippen molar-refractivity contribution >= 4 is 50.4 Å². The van der Waals surface area contributed by atoms with Crippen molar-refractivity contribution in [3.05, 3.63) is 222 Å². The van der Waals surface area contributed by atoms with Gasteiger partial charge in [0, 0.05) is 43.9 Å². The van der Waals surface area contributed by atoms with Crippen molar-refractivity contribution in [1.82, 2.24) is 9.13 Å². The first-order valence-corrected chi connectivity index (χ1v) is 22.6.